The molecule has 0 heterocycles. The summed E-state index contributed by atoms with van der Waals surface area (Å²) in [7, 11) is 0. The first kappa shape index (κ1) is 9.87. The standard InChI is InChI=1S/C12H10ClNO/c13-12-6-3-9(14)7-11(12)8-1-4-10(15)5-2-8/h1-7,15H,14H2. The van der Waals surface area contributed by atoms with E-state index in [1.165, 1.54) is 0 Å². The van der Waals surface area contributed by atoms with Crippen molar-refractivity contribution < 1.29 is 5.11 Å². The van der Waals surface area contributed by atoms with Crippen LogP contribution >= 0.6 is 11.6 Å². The van der Waals surface area contributed by atoms with Gasteiger partial charge in [-0.15, -0.1) is 0 Å². The van der Waals surface area contributed by atoms with Crippen molar-refractivity contribution in [2.45, 2.75) is 0 Å². The molecule has 0 aliphatic carbocycles. The smallest absolute Gasteiger partial charge is 0.115 e. The monoisotopic (exact) mass is 219 g/mol. The molecule has 15 heavy (non-hydrogen) atoms. The average molecular weight is 220 g/mol. The molecule has 0 fully saturated rings. The summed E-state index contributed by atoms with van der Waals surface area (Å²) >= 11 is 6.05. The van der Waals surface area contributed by atoms with E-state index in [0.29, 0.717) is 10.7 Å². The third-order valence-electron chi connectivity index (χ3n) is 2.17. The van der Waals surface area contributed by atoms with Gasteiger partial charge in [0.15, 0.2) is 0 Å². The van der Waals surface area contributed by atoms with E-state index in [2.05, 4.69) is 0 Å². The molecule has 0 saturated heterocycles. The van der Waals surface area contributed by atoms with E-state index < -0.39 is 0 Å². The van der Waals surface area contributed by atoms with Gasteiger partial charge in [0.1, 0.15) is 5.75 Å². The van der Waals surface area contributed by atoms with Gasteiger partial charge in [0, 0.05) is 16.3 Å². The predicted octanol–water partition coefficient (Wildman–Crippen LogP) is 3.29. The molecule has 0 aliphatic rings. The van der Waals surface area contributed by atoms with E-state index in [-0.39, 0.29) is 5.75 Å². The van der Waals surface area contributed by atoms with E-state index in [0.717, 1.165) is 11.1 Å². The van der Waals surface area contributed by atoms with Crippen LogP contribution in [0.4, 0.5) is 5.69 Å². The van der Waals surface area contributed by atoms with Crippen LogP contribution in [0, 0.1) is 0 Å². The van der Waals surface area contributed by atoms with Crippen molar-refractivity contribution in [1.29, 1.82) is 0 Å². The quantitative estimate of drug-likeness (QED) is 0.723. The zero-order chi connectivity index (χ0) is 10.8. The molecule has 0 spiro atoms. The maximum Gasteiger partial charge on any atom is 0.115 e. The maximum atomic E-state index is 9.17. The van der Waals surface area contributed by atoms with Crippen LogP contribution in [0.15, 0.2) is 42.5 Å². The summed E-state index contributed by atoms with van der Waals surface area (Å²) in [5.74, 6) is 0.235. The number of nitrogens with two attached hydrogens (primary N) is 1. The van der Waals surface area contributed by atoms with E-state index >= 15 is 0 Å². The van der Waals surface area contributed by atoms with Gasteiger partial charge in [-0.2, -0.15) is 0 Å². The van der Waals surface area contributed by atoms with Crippen LogP contribution in [0.2, 0.25) is 5.02 Å². The predicted molar refractivity (Wildman–Crippen MR) is 63.0 cm³/mol. The van der Waals surface area contributed by atoms with Gasteiger partial charge in [0.2, 0.25) is 0 Å². The Morgan fingerprint density at radius 1 is 1.00 bits per heavy atom. The fourth-order valence-electron chi connectivity index (χ4n) is 1.41. The normalized spacial score (nSPS) is 10.2. The lowest BCUT2D eigenvalue weighted by Crippen LogP contribution is -1.86. The van der Waals surface area contributed by atoms with Crippen LogP contribution in [0.25, 0.3) is 11.1 Å². The van der Waals surface area contributed by atoms with Gasteiger partial charge in [-0.1, -0.05) is 23.7 Å². The third-order valence-corrected chi connectivity index (χ3v) is 2.50. The Balaban J connectivity index is 2.53. The van der Waals surface area contributed by atoms with Crippen LogP contribution < -0.4 is 5.73 Å². The molecule has 0 saturated carbocycles. The average Bonchev–Trinajstić information content (AvgIpc) is 2.23. The van der Waals surface area contributed by atoms with Gasteiger partial charge in [-0.3, -0.25) is 0 Å². The molecule has 0 amide bonds. The number of phenolic OH excluding ortho intramolecular Hbond substituents is 1. The molecule has 2 aromatic carbocycles. The number of rotatable bonds is 1. The van der Waals surface area contributed by atoms with Crippen LogP contribution in [0.1, 0.15) is 0 Å². The summed E-state index contributed by atoms with van der Waals surface area (Å²) in [5, 5.41) is 9.82. The van der Waals surface area contributed by atoms with Crippen LogP contribution in [0.5, 0.6) is 5.75 Å². The third kappa shape index (κ3) is 2.05. The van der Waals surface area contributed by atoms with Crippen molar-refractivity contribution >= 4 is 17.3 Å². The second-order valence-electron chi connectivity index (χ2n) is 3.29. The van der Waals surface area contributed by atoms with Gasteiger partial charge in [0.25, 0.3) is 0 Å². The molecular weight excluding hydrogens is 210 g/mol. The molecule has 2 rings (SSSR count). The minimum absolute atomic E-state index is 0.235. The Bertz CT molecular complexity index is 479. The molecule has 2 aromatic rings. The Morgan fingerprint density at radius 3 is 2.33 bits per heavy atom. The van der Waals surface area contributed by atoms with Crippen molar-refractivity contribution in [3.05, 3.63) is 47.5 Å². The lowest BCUT2D eigenvalue weighted by atomic mass is 10.1. The first-order valence-electron chi connectivity index (χ1n) is 4.51. The molecule has 0 aromatic heterocycles. The van der Waals surface area contributed by atoms with Crippen LogP contribution in [-0.4, -0.2) is 5.11 Å². The Labute approximate surface area is 92.9 Å². The Morgan fingerprint density at radius 2 is 1.67 bits per heavy atom. The summed E-state index contributed by atoms with van der Waals surface area (Å²) in [5.41, 5.74) is 8.16. The van der Waals surface area contributed by atoms with Gasteiger partial charge >= 0.3 is 0 Å². The minimum Gasteiger partial charge on any atom is -0.508 e. The molecule has 0 unspecified atom stereocenters. The zero-order valence-electron chi connectivity index (χ0n) is 7.94. The van der Waals surface area contributed by atoms with Crippen molar-refractivity contribution in [3.63, 3.8) is 0 Å². The number of aromatic hydroxyl groups is 1. The van der Waals surface area contributed by atoms with E-state index in [4.69, 9.17) is 22.4 Å². The molecule has 0 bridgehead atoms. The fraction of sp³-hybridized carbons (Fsp3) is 0. The number of nitrogen functional groups attached to an aromatic ring is 1. The number of phenols is 1. The number of anilines is 1. The second-order valence-corrected chi connectivity index (χ2v) is 3.69. The molecule has 0 atom stereocenters. The number of halogens is 1. The maximum absolute atomic E-state index is 9.17. The summed E-state index contributed by atoms with van der Waals surface area (Å²) in [4.78, 5) is 0. The highest BCUT2D eigenvalue weighted by Crippen LogP contribution is 2.30. The second kappa shape index (κ2) is 3.83. The number of hydrogen-bond donors (Lipinski definition) is 2. The first-order valence-corrected chi connectivity index (χ1v) is 4.89. The Hall–Kier alpha value is -1.67. The van der Waals surface area contributed by atoms with Crippen molar-refractivity contribution in [1.82, 2.24) is 0 Å². The highest BCUT2D eigenvalue weighted by Gasteiger charge is 2.03. The molecule has 0 radical (unpaired) electrons. The minimum atomic E-state index is 0.235. The van der Waals surface area contributed by atoms with Gasteiger partial charge in [-0.05, 0) is 35.9 Å². The van der Waals surface area contributed by atoms with Crippen molar-refractivity contribution in [3.8, 4) is 16.9 Å². The van der Waals surface area contributed by atoms with Crippen molar-refractivity contribution in [2.24, 2.45) is 0 Å². The lowest BCUT2D eigenvalue weighted by molar-refractivity contribution is 0.475. The topological polar surface area (TPSA) is 46.2 Å². The van der Waals surface area contributed by atoms with Crippen LogP contribution in [-0.2, 0) is 0 Å². The Kier molecular flexibility index (Phi) is 2.52. The first-order chi connectivity index (χ1) is 7.16. The lowest BCUT2D eigenvalue weighted by Gasteiger charge is -2.05. The van der Waals surface area contributed by atoms with Gasteiger partial charge < -0.3 is 10.8 Å². The summed E-state index contributed by atoms with van der Waals surface area (Å²) in [6.07, 6.45) is 0. The fourth-order valence-corrected chi connectivity index (χ4v) is 1.63. The number of benzene rings is 2. The summed E-state index contributed by atoms with van der Waals surface area (Å²) < 4.78 is 0. The van der Waals surface area contributed by atoms with Gasteiger partial charge in [-0.25, -0.2) is 0 Å². The number of hydrogen-bond acceptors (Lipinski definition) is 2. The molecule has 3 heteroatoms. The van der Waals surface area contributed by atoms with E-state index in [1.807, 2.05) is 6.07 Å². The molecule has 76 valence electrons. The van der Waals surface area contributed by atoms with E-state index in [1.54, 1.807) is 36.4 Å². The summed E-state index contributed by atoms with van der Waals surface area (Å²) in [6.45, 7) is 0. The SMILES string of the molecule is Nc1ccc(Cl)c(-c2ccc(O)cc2)c1. The molecule has 2 nitrogen and oxygen atoms in total. The largest absolute Gasteiger partial charge is 0.508 e. The van der Waals surface area contributed by atoms with Crippen molar-refractivity contribution in [2.75, 3.05) is 5.73 Å². The highest BCUT2D eigenvalue weighted by atomic mass is 35.5. The molecular formula is C12H10ClNO. The van der Waals surface area contributed by atoms with Crippen LogP contribution in [0.3, 0.4) is 0 Å². The zero-order valence-corrected chi connectivity index (χ0v) is 8.70. The van der Waals surface area contributed by atoms with E-state index in [9.17, 15) is 0 Å². The van der Waals surface area contributed by atoms with Gasteiger partial charge in [0.05, 0.1) is 0 Å². The highest BCUT2D eigenvalue weighted by molar-refractivity contribution is 6.33. The molecule has 3 N–H and O–H groups in total. The molecule has 0 aliphatic heterocycles. The summed E-state index contributed by atoms with van der Waals surface area (Å²) in [6, 6.07) is 12.2.